The van der Waals surface area contributed by atoms with Gasteiger partial charge >= 0.3 is 0 Å². The third-order valence-electron chi connectivity index (χ3n) is 10.2. The molecule has 0 aliphatic carbocycles. The van der Waals surface area contributed by atoms with Crippen LogP contribution < -0.4 is 10.6 Å². The number of rotatable bonds is 4. The van der Waals surface area contributed by atoms with Crippen molar-refractivity contribution in [2.24, 2.45) is 4.99 Å². The van der Waals surface area contributed by atoms with Gasteiger partial charge in [0.15, 0.2) is 0 Å². The average molecular weight is 660 g/mol. The van der Waals surface area contributed by atoms with E-state index < -0.39 is 0 Å². The lowest BCUT2D eigenvalue weighted by Gasteiger charge is -2.32. The Bertz CT molecular complexity index is 3000. The molecule has 0 bridgehead atoms. The van der Waals surface area contributed by atoms with Gasteiger partial charge in [0.1, 0.15) is 51.7 Å². The second-order valence-corrected chi connectivity index (χ2v) is 13.1. The molecule has 242 valence electrons. The Balaban J connectivity index is 1.07. The summed E-state index contributed by atoms with van der Waals surface area (Å²) in [4.78, 5) is 5.28. The van der Waals surface area contributed by atoms with Gasteiger partial charge in [0.25, 0.3) is 0 Å². The van der Waals surface area contributed by atoms with Gasteiger partial charge in [-0.2, -0.15) is 0 Å². The number of furan rings is 3. The quantitative estimate of drug-likeness (QED) is 0.197. The number of hydrogen-bond donors (Lipinski definition) is 2. The minimum atomic E-state index is -0.299. The van der Waals surface area contributed by atoms with Crippen molar-refractivity contribution in [2.45, 2.75) is 12.3 Å². The summed E-state index contributed by atoms with van der Waals surface area (Å²) in [5.74, 6) is 0.757. The summed E-state index contributed by atoms with van der Waals surface area (Å²) >= 11 is 0. The summed E-state index contributed by atoms with van der Waals surface area (Å²) in [6.07, 6.45) is -0.565. The Hall–Kier alpha value is -6.63. The smallest absolute Gasteiger partial charge is 0.146 e. The van der Waals surface area contributed by atoms with Crippen molar-refractivity contribution in [3.63, 3.8) is 0 Å². The molecule has 3 aromatic heterocycles. The van der Waals surface area contributed by atoms with Crippen LogP contribution >= 0.6 is 0 Å². The lowest BCUT2D eigenvalue weighted by atomic mass is 10.00. The van der Waals surface area contributed by atoms with Crippen molar-refractivity contribution in [3.05, 3.63) is 168 Å². The zero-order chi connectivity index (χ0) is 33.5. The van der Waals surface area contributed by atoms with Gasteiger partial charge in [-0.1, -0.05) is 115 Å². The van der Waals surface area contributed by atoms with Crippen LogP contribution in [0.3, 0.4) is 0 Å². The van der Waals surface area contributed by atoms with Crippen LogP contribution in [0.15, 0.2) is 170 Å². The van der Waals surface area contributed by atoms with Crippen LogP contribution in [0.5, 0.6) is 0 Å². The highest BCUT2D eigenvalue weighted by Gasteiger charge is 2.29. The molecular formula is C45H29N3O3. The van der Waals surface area contributed by atoms with Gasteiger partial charge in [0, 0.05) is 43.4 Å². The van der Waals surface area contributed by atoms with Crippen molar-refractivity contribution in [3.8, 4) is 11.1 Å². The lowest BCUT2D eigenvalue weighted by molar-refractivity contribution is 0.411. The molecule has 0 saturated carbocycles. The normalized spacial score (nSPS) is 16.4. The molecule has 2 unspecified atom stereocenters. The van der Waals surface area contributed by atoms with Crippen LogP contribution in [-0.4, -0.2) is 5.84 Å². The molecule has 2 N–H and O–H groups in total. The number of aliphatic imine (C=N–C) groups is 1. The fourth-order valence-electron chi connectivity index (χ4n) is 7.83. The Kier molecular flexibility index (Phi) is 6.05. The van der Waals surface area contributed by atoms with Gasteiger partial charge in [-0.25, -0.2) is 4.99 Å². The van der Waals surface area contributed by atoms with E-state index in [1.54, 1.807) is 0 Å². The van der Waals surface area contributed by atoms with E-state index in [0.717, 1.165) is 99.5 Å². The van der Waals surface area contributed by atoms with E-state index in [1.807, 2.05) is 42.5 Å². The molecule has 6 nitrogen and oxygen atoms in total. The molecular weight excluding hydrogens is 631 g/mol. The van der Waals surface area contributed by atoms with Crippen molar-refractivity contribution in [1.29, 1.82) is 0 Å². The topological polar surface area (TPSA) is 75.8 Å². The summed E-state index contributed by atoms with van der Waals surface area (Å²) < 4.78 is 19.4. The number of benzene rings is 7. The molecule has 0 radical (unpaired) electrons. The zero-order valence-electron chi connectivity index (χ0n) is 27.3. The highest BCUT2D eigenvalue weighted by atomic mass is 16.3. The van der Waals surface area contributed by atoms with E-state index in [9.17, 15) is 0 Å². The molecule has 10 aromatic rings. The number of nitrogens with one attached hydrogen (secondary N) is 2. The summed E-state index contributed by atoms with van der Waals surface area (Å²) in [6, 6.07) is 52.0. The summed E-state index contributed by atoms with van der Waals surface area (Å²) in [7, 11) is 0. The minimum Gasteiger partial charge on any atom is -0.456 e. The second-order valence-electron chi connectivity index (χ2n) is 13.1. The highest BCUT2D eigenvalue weighted by molar-refractivity contribution is 6.17. The van der Waals surface area contributed by atoms with Crippen LogP contribution in [0.4, 0.5) is 0 Å². The molecule has 1 aliphatic heterocycles. The van der Waals surface area contributed by atoms with E-state index in [-0.39, 0.29) is 12.3 Å². The first-order chi connectivity index (χ1) is 25.3. The maximum absolute atomic E-state index is 6.90. The van der Waals surface area contributed by atoms with E-state index in [0.29, 0.717) is 0 Å². The van der Waals surface area contributed by atoms with Crippen molar-refractivity contribution >= 4 is 71.7 Å². The third kappa shape index (κ3) is 4.37. The van der Waals surface area contributed by atoms with E-state index >= 15 is 0 Å². The van der Waals surface area contributed by atoms with Crippen LogP contribution in [0, 0.1) is 0 Å². The van der Waals surface area contributed by atoms with Crippen molar-refractivity contribution in [1.82, 2.24) is 10.6 Å². The van der Waals surface area contributed by atoms with Crippen molar-refractivity contribution < 1.29 is 13.3 Å². The maximum Gasteiger partial charge on any atom is 0.146 e. The number of hydrogen-bond acceptors (Lipinski definition) is 6. The molecule has 0 amide bonds. The number of amidine groups is 1. The molecule has 0 spiro atoms. The second kappa shape index (κ2) is 10.9. The molecule has 6 heteroatoms. The molecule has 0 saturated heterocycles. The van der Waals surface area contributed by atoms with Crippen LogP contribution in [0.2, 0.25) is 0 Å². The molecule has 1 aliphatic rings. The predicted molar refractivity (Wildman–Crippen MR) is 205 cm³/mol. The molecule has 0 fully saturated rings. The van der Waals surface area contributed by atoms with Crippen LogP contribution in [-0.2, 0) is 0 Å². The van der Waals surface area contributed by atoms with Crippen molar-refractivity contribution in [2.75, 3.05) is 0 Å². The maximum atomic E-state index is 6.90. The molecule has 51 heavy (non-hydrogen) atoms. The Morgan fingerprint density at radius 3 is 1.94 bits per heavy atom. The van der Waals surface area contributed by atoms with E-state index in [1.165, 1.54) is 0 Å². The summed E-state index contributed by atoms with van der Waals surface area (Å²) in [6.45, 7) is 0. The van der Waals surface area contributed by atoms with Gasteiger partial charge in [-0.05, 0) is 47.5 Å². The molecule has 11 rings (SSSR count). The third-order valence-corrected chi connectivity index (χ3v) is 10.2. The van der Waals surface area contributed by atoms with Gasteiger partial charge in [-0.15, -0.1) is 0 Å². The first kappa shape index (κ1) is 28.2. The Morgan fingerprint density at radius 2 is 1.10 bits per heavy atom. The lowest BCUT2D eigenvalue weighted by Crippen LogP contribution is -2.45. The summed E-state index contributed by atoms with van der Waals surface area (Å²) in [5.41, 5.74) is 10.2. The fourth-order valence-corrected chi connectivity index (χ4v) is 7.83. The zero-order valence-corrected chi connectivity index (χ0v) is 27.3. The van der Waals surface area contributed by atoms with Gasteiger partial charge in [-0.3, -0.25) is 5.32 Å². The average Bonchev–Trinajstić information content (AvgIpc) is 3.89. The molecule has 2 atom stereocenters. The molecule has 7 aromatic carbocycles. The Labute approximate surface area is 291 Å². The van der Waals surface area contributed by atoms with E-state index in [2.05, 4.69) is 120 Å². The highest BCUT2D eigenvalue weighted by Crippen LogP contribution is 2.40. The van der Waals surface area contributed by atoms with Gasteiger partial charge in [0.2, 0.25) is 0 Å². The standard InChI is InChI=1S/C45H29N3O3/c1-2-11-26(12-3-1)43-46-44(34-18-10-22-38-40(34)33-14-5-7-21-37(33)49-38)48-45(47-43)35-19-9-17-32-31-16-8-15-28(41(31)51-42(32)35)27-23-24-30-29-13-4-6-20-36(29)50-39(30)25-27/h1-25,43-44,46H,(H,47,48). The monoisotopic (exact) mass is 659 g/mol. The molecule has 4 heterocycles. The predicted octanol–water partition coefficient (Wildman–Crippen LogP) is 11.4. The number of para-hydroxylation sites is 4. The first-order valence-corrected chi connectivity index (χ1v) is 17.2. The van der Waals surface area contributed by atoms with Gasteiger partial charge < -0.3 is 18.6 Å². The Morgan fingerprint density at radius 1 is 0.471 bits per heavy atom. The number of fused-ring (bicyclic) bond motifs is 9. The van der Waals surface area contributed by atoms with E-state index in [4.69, 9.17) is 18.2 Å². The summed E-state index contributed by atoms with van der Waals surface area (Å²) in [5, 5.41) is 14.0. The number of nitrogens with zero attached hydrogens (tertiary/aromatic N) is 1. The minimum absolute atomic E-state index is 0.266. The first-order valence-electron chi connectivity index (χ1n) is 17.2. The van der Waals surface area contributed by atoms with Crippen LogP contribution in [0.1, 0.15) is 29.0 Å². The fraction of sp³-hybridized carbons (Fsp3) is 0.0444. The van der Waals surface area contributed by atoms with Crippen LogP contribution in [0.25, 0.3) is 76.9 Å². The largest absolute Gasteiger partial charge is 0.456 e. The van der Waals surface area contributed by atoms with Gasteiger partial charge in [0.05, 0.1) is 5.56 Å². The SMILES string of the molecule is c1ccc(C2N=C(c3cccc4c3oc3c(-c5ccc6c(c5)oc5ccccc56)cccc34)NC(c3cccc4oc5ccccc5c34)N2)cc1.